The van der Waals surface area contributed by atoms with Crippen molar-refractivity contribution in [1.29, 1.82) is 0 Å². The Kier molecular flexibility index (Phi) is 5.17. The van der Waals surface area contributed by atoms with E-state index in [9.17, 15) is 4.79 Å². The van der Waals surface area contributed by atoms with Gasteiger partial charge in [0.1, 0.15) is 12.3 Å². The smallest absolute Gasteiger partial charge is 0.246 e. The summed E-state index contributed by atoms with van der Waals surface area (Å²) in [4.78, 5) is 11.9. The molecule has 0 aliphatic carbocycles. The Morgan fingerprint density at radius 2 is 1.92 bits per heavy atom. The number of hydrogen-bond donors (Lipinski definition) is 1. The first-order valence-electron chi connectivity index (χ1n) is 6.97. The van der Waals surface area contributed by atoms with Crippen LogP contribution >= 0.6 is 27.5 Å². The molecule has 0 radical (unpaired) electrons. The minimum Gasteiger partial charge on any atom is -0.471 e. The van der Waals surface area contributed by atoms with Gasteiger partial charge < -0.3 is 10.1 Å². The van der Waals surface area contributed by atoms with Crippen molar-refractivity contribution in [3.63, 3.8) is 0 Å². The standard InChI is InChI=1S/C15H13BrClN5O2/c16-11-1-3-14(4-2-11)24-10-22-8-13(6-19-22)20-15(23)9-21-7-12(17)5-18-21/h1-8H,9-10H2,(H,20,23). The molecule has 1 amide bonds. The van der Waals surface area contributed by atoms with Crippen molar-refractivity contribution < 1.29 is 9.53 Å². The number of rotatable bonds is 6. The molecule has 0 saturated carbocycles. The second-order valence-corrected chi connectivity index (χ2v) is 6.25. The number of carbonyl (C=O) groups is 1. The largest absolute Gasteiger partial charge is 0.471 e. The van der Waals surface area contributed by atoms with Crippen molar-refractivity contribution in [2.75, 3.05) is 5.32 Å². The zero-order valence-electron chi connectivity index (χ0n) is 12.4. The van der Waals surface area contributed by atoms with Gasteiger partial charge in [0, 0.05) is 10.7 Å². The maximum Gasteiger partial charge on any atom is 0.246 e. The lowest BCUT2D eigenvalue weighted by atomic mass is 10.3. The van der Waals surface area contributed by atoms with Crippen LogP contribution in [0.15, 0.2) is 53.5 Å². The summed E-state index contributed by atoms with van der Waals surface area (Å²) in [5, 5.41) is 11.3. The average Bonchev–Trinajstić information content (AvgIpc) is 3.16. The van der Waals surface area contributed by atoms with Crippen molar-refractivity contribution in [2.24, 2.45) is 0 Å². The number of anilines is 1. The highest BCUT2D eigenvalue weighted by molar-refractivity contribution is 9.10. The molecule has 24 heavy (non-hydrogen) atoms. The second kappa shape index (κ2) is 7.50. The molecule has 7 nitrogen and oxygen atoms in total. The first-order valence-corrected chi connectivity index (χ1v) is 8.14. The molecule has 0 aliphatic heterocycles. The second-order valence-electron chi connectivity index (χ2n) is 4.90. The van der Waals surface area contributed by atoms with Gasteiger partial charge in [-0.05, 0) is 24.3 Å². The van der Waals surface area contributed by atoms with E-state index in [1.54, 1.807) is 23.3 Å². The predicted octanol–water partition coefficient (Wildman–Crippen LogP) is 3.17. The molecule has 2 heterocycles. The Bertz CT molecular complexity index is 831. The Hall–Kier alpha value is -2.32. The summed E-state index contributed by atoms with van der Waals surface area (Å²) in [5.74, 6) is 0.512. The van der Waals surface area contributed by atoms with E-state index in [2.05, 4.69) is 31.4 Å². The van der Waals surface area contributed by atoms with Gasteiger partial charge in [0.25, 0.3) is 0 Å². The fraction of sp³-hybridized carbons (Fsp3) is 0.133. The third-order valence-corrected chi connectivity index (χ3v) is 3.73. The van der Waals surface area contributed by atoms with Gasteiger partial charge in [-0.15, -0.1) is 0 Å². The molecule has 0 aliphatic rings. The fourth-order valence-electron chi connectivity index (χ4n) is 1.94. The third kappa shape index (κ3) is 4.59. The molecule has 0 unspecified atom stereocenters. The lowest BCUT2D eigenvalue weighted by Gasteiger charge is -2.06. The number of nitrogens with one attached hydrogen (secondary N) is 1. The molecule has 0 atom stereocenters. The van der Waals surface area contributed by atoms with Crippen LogP contribution in [0.1, 0.15) is 0 Å². The van der Waals surface area contributed by atoms with Crippen molar-refractivity contribution in [3.05, 3.63) is 58.5 Å². The average molecular weight is 411 g/mol. The SMILES string of the molecule is O=C(Cn1cc(Cl)cn1)Nc1cnn(COc2ccc(Br)cc2)c1. The summed E-state index contributed by atoms with van der Waals surface area (Å²) < 4.78 is 9.63. The number of amides is 1. The van der Waals surface area contributed by atoms with E-state index >= 15 is 0 Å². The van der Waals surface area contributed by atoms with E-state index in [4.69, 9.17) is 16.3 Å². The van der Waals surface area contributed by atoms with Crippen molar-refractivity contribution in [3.8, 4) is 5.75 Å². The molecule has 0 bridgehead atoms. The minimum atomic E-state index is -0.219. The van der Waals surface area contributed by atoms with Gasteiger partial charge in [0.05, 0.1) is 29.3 Å². The lowest BCUT2D eigenvalue weighted by Crippen LogP contribution is -2.18. The van der Waals surface area contributed by atoms with Crippen LogP contribution < -0.4 is 10.1 Å². The number of aromatic nitrogens is 4. The number of halogens is 2. The lowest BCUT2D eigenvalue weighted by molar-refractivity contribution is -0.116. The van der Waals surface area contributed by atoms with Crippen LogP contribution in [-0.4, -0.2) is 25.5 Å². The highest BCUT2D eigenvalue weighted by atomic mass is 79.9. The van der Waals surface area contributed by atoms with E-state index in [0.717, 1.165) is 10.2 Å². The van der Waals surface area contributed by atoms with E-state index in [1.807, 2.05) is 24.3 Å². The molecule has 1 N–H and O–H groups in total. The first-order chi connectivity index (χ1) is 11.6. The fourth-order valence-corrected chi connectivity index (χ4v) is 2.36. The number of benzene rings is 1. The summed E-state index contributed by atoms with van der Waals surface area (Å²) in [5.41, 5.74) is 0.581. The van der Waals surface area contributed by atoms with Crippen molar-refractivity contribution in [2.45, 2.75) is 13.3 Å². The molecule has 1 aromatic carbocycles. The van der Waals surface area contributed by atoms with Gasteiger partial charge >= 0.3 is 0 Å². The molecule has 9 heteroatoms. The third-order valence-electron chi connectivity index (χ3n) is 3.00. The minimum absolute atomic E-state index is 0.0767. The highest BCUT2D eigenvalue weighted by Crippen LogP contribution is 2.16. The molecule has 3 aromatic rings. The number of carbonyl (C=O) groups excluding carboxylic acids is 1. The molecule has 0 spiro atoms. The first kappa shape index (κ1) is 16.5. The van der Waals surface area contributed by atoms with Crippen LogP contribution in [0.4, 0.5) is 5.69 Å². The summed E-state index contributed by atoms with van der Waals surface area (Å²) in [6.45, 7) is 0.319. The summed E-state index contributed by atoms with van der Waals surface area (Å²) in [6.07, 6.45) is 6.30. The zero-order chi connectivity index (χ0) is 16.9. The molecule has 2 aromatic heterocycles. The van der Waals surface area contributed by atoms with E-state index in [0.29, 0.717) is 10.7 Å². The topological polar surface area (TPSA) is 74.0 Å². The van der Waals surface area contributed by atoms with Crippen LogP contribution in [0, 0.1) is 0 Å². The van der Waals surface area contributed by atoms with Gasteiger partial charge in [-0.2, -0.15) is 10.2 Å². The Morgan fingerprint density at radius 1 is 1.17 bits per heavy atom. The van der Waals surface area contributed by atoms with Gasteiger partial charge in [0.2, 0.25) is 5.91 Å². The van der Waals surface area contributed by atoms with E-state index in [1.165, 1.54) is 10.9 Å². The zero-order valence-corrected chi connectivity index (χ0v) is 14.7. The van der Waals surface area contributed by atoms with Gasteiger partial charge in [-0.3, -0.25) is 9.48 Å². The molecule has 0 fully saturated rings. The maximum absolute atomic E-state index is 11.9. The molecular weight excluding hydrogens is 398 g/mol. The van der Waals surface area contributed by atoms with Crippen LogP contribution in [0.2, 0.25) is 5.02 Å². The van der Waals surface area contributed by atoms with Crippen molar-refractivity contribution >= 4 is 39.1 Å². The number of ether oxygens (including phenoxy) is 1. The van der Waals surface area contributed by atoms with Crippen LogP contribution in [0.3, 0.4) is 0 Å². The summed E-state index contributed by atoms with van der Waals surface area (Å²) in [7, 11) is 0. The quantitative estimate of drug-likeness (QED) is 0.677. The maximum atomic E-state index is 11.9. The van der Waals surface area contributed by atoms with E-state index < -0.39 is 0 Å². The Balaban J connectivity index is 1.51. The summed E-state index contributed by atoms with van der Waals surface area (Å²) in [6, 6.07) is 7.49. The Morgan fingerprint density at radius 3 is 2.62 bits per heavy atom. The van der Waals surface area contributed by atoms with Gasteiger partial charge in [-0.25, -0.2) is 4.68 Å². The van der Waals surface area contributed by atoms with Crippen LogP contribution in [0.5, 0.6) is 5.75 Å². The molecule has 3 rings (SSSR count). The number of hydrogen-bond acceptors (Lipinski definition) is 4. The monoisotopic (exact) mass is 409 g/mol. The predicted molar refractivity (Wildman–Crippen MR) is 92.9 cm³/mol. The van der Waals surface area contributed by atoms with E-state index in [-0.39, 0.29) is 19.2 Å². The van der Waals surface area contributed by atoms with Crippen molar-refractivity contribution in [1.82, 2.24) is 19.6 Å². The van der Waals surface area contributed by atoms with Gasteiger partial charge in [-0.1, -0.05) is 27.5 Å². The van der Waals surface area contributed by atoms with Gasteiger partial charge in [0.15, 0.2) is 6.73 Å². The summed E-state index contributed by atoms with van der Waals surface area (Å²) >= 11 is 9.12. The molecule has 124 valence electrons. The van der Waals surface area contributed by atoms with Crippen LogP contribution in [0.25, 0.3) is 0 Å². The highest BCUT2D eigenvalue weighted by Gasteiger charge is 2.07. The number of nitrogens with zero attached hydrogens (tertiary/aromatic N) is 4. The Labute approximate surface area is 151 Å². The van der Waals surface area contributed by atoms with Crippen LogP contribution in [-0.2, 0) is 18.1 Å². The molecular formula is C15H13BrClN5O2. The normalized spacial score (nSPS) is 10.6. The molecule has 0 saturated heterocycles.